The summed E-state index contributed by atoms with van der Waals surface area (Å²) in [6, 6.07) is 7.74. The van der Waals surface area contributed by atoms with Crippen molar-refractivity contribution >= 4 is 39.2 Å². The molecule has 1 unspecified atom stereocenters. The molecule has 1 aromatic rings. The van der Waals surface area contributed by atoms with Crippen molar-refractivity contribution < 1.29 is 15.0 Å². The zero-order valence-corrected chi connectivity index (χ0v) is 15.0. The molecule has 1 aromatic carbocycles. The summed E-state index contributed by atoms with van der Waals surface area (Å²) in [5.74, 6) is -0.248. The first kappa shape index (κ1) is 18.7. The molecule has 0 saturated carbocycles. The molecule has 23 heavy (non-hydrogen) atoms. The number of carboxylic acids is 1. The lowest BCUT2D eigenvalue weighted by atomic mass is 10.0. The Morgan fingerprint density at radius 1 is 1.43 bits per heavy atom. The summed E-state index contributed by atoms with van der Waals surface area (Å²) < 4.78 is 0. The molecule has 0 bridgehead atoms. The first-order valence-electron chi connectivity index (χ1n) is 7.38. The number of nitrogens with zero attached hydrogens (tertiary/aromatic N) is 1. The smallest absolute Gasteiger partial charge is 0.328 e. The topological polar surface area (TPSA) is 60.8 Å². The second-order valence-corrected chi connectivity index (χ2v) is 8.38. The van der Waals surface area contributed by atoms with E-state index in [0.717, 1.165) is 35.7 Å². The van der Waals surface area contributed by atoms with E-state index in [1.165, 1.54) is 6.08 Å². The zero-order valence-electron chi connectivity index (χ0n) is 12.7. The Bertz CT molecular complexity index is 568. The van der Waals surface area contributed by atoms with Crippen LogP contribution in [-0.2, 0) is 11.3 Å². The molecule has 0 radical (unpaired) electrons. The fourth-order valence-corrected chi connectivity index (χ4v) is 5.16. The molecule has 4 nitrogen and oxygen atoms in total. The van der Waals surface area contributed by atoms with Crippen molar-refractivity contribution in [1.29, 1.82) is 0 Å². The van der Waals surface area contributed by atoms with E-state index < -0.39 is 5.97 Å². The minimum atomic E-state index is -0.905. The lowest BCUT2D eigenvalue weighted by molar-refractivity contribution is -0.131. The number of carboxylic acid groups (broad SMARTS) is 1. The summed E-state index contributed by atoms with van der Waals surface area (Å²) in [5.41, 5.74) is 1.98. The largest absolute Gasteiger partial charge is 0.478 e. The van der Waals surface area contributed by atoms with Gasteiger partial charge in [-0.2, -0.15) is 0 Å². The third-order valence-corrected chi connectivity index (χ3v) is 6.78. The van der Waals surface area contributed by atoms with Crippen molar-refractivity contribution in [2.24, 2.45) is 0 Å². The number of hydrogen-bond acceptors (Lipinski definition) is 5. The van der Waals surface area contributed by atoms with E-state index in [9.17, 15) is 4.79 Å². The van der Waals surface area contributed by atoms with Crippen LogP contribution in [0.25, 0.3) is 0 Å². The van der Waals surface area contributed by atoms with Gasteiger partial charge in [0.15, 0.2) is 0 Å². The van der Waals surface area contributed by atoms with Crippen molar-refractivity contribution in [3.8, 4) is 0 Å². The highest BCUT2D eigenvalue weighted by Gasteiger charge is 2.25. The SMILES string of the molecule is O=C(O)/C=C1/CN(Cc2ccccc2Cl)CCC1SSCCO. The minimum absolute atomic E-state index is 0.140. The molecule has 1 saturated heterocycles. The van der Waals surface area contributed by atoms with Crippen molar-refractivity contribution in [2.75, 3.05) is 25.4 Å². The van der Waals surface area contributed by atoms with Crippen LogP contribution in [0.3, 0.4) is 0 Å². The number of aliphatic hydroxyl groups is 1. The maximum absolute atomic E-state index is 11.1. The molecule has 1 aliphatic heterocycles. The number of piperidine rings is 1. The molecule has 0 amide bonds. The van der Waals surface area contributed by atoms with E-state index >= 15 is 0 Å². The van der Waals surface area contributed by atoms with Crippen LogP contribution >= 0.6 is 33.2 Å². The molecular weight excluding hydrogens is 354 g/mol. The number of hydrogen-bond donors (Lipinski definition) is 2. The molecule has 1 heterocycles. The molecule has 1 aliphatic rings. The van der Waals surface area contributed by atoms with Crippen LogP contribution in [0.15, 0.2) is 35.9 Å². The Morgan fingerprint density at radius 3 is 2.91 bits per heavy atom. The average Bonchev–Trinajstić information content (AvgIpc) is 2.51. The van der Waals surface area contributed by atoms with E-state index in [2.05, 4.69) is 4.90 Å². The third-order valence-electron chi connectivity index (χ3n) is 3.55. The van der Waals surface area contributed by atoms with Gasteiger partial charge in [0.1, 0.15) is 0 Å². The van der Waals surface area contributed by atoms with Crippen LogP contribution in [0.4, 0.5) is 0 Å². The van der Waals surface area contributed by atoms with Gasteiger partial charge in [-0.05, 0) is 23.6 Å². The van der Waals surface area contributed by atoms with Gasteiger partial charge in [-0.25, -0.2) is 4.79 Å². The van der Waals surface area contributed by atoms with Crippen LogP contribution in [0, 0.1) is 0 Å². The molecule has 0 aromatic heterocycles. The van der Waals surface area contributed by atoms with Gasteiger partial charge in [-0.1, -0.05) is 51.4 Å². The average molecular weight is 374 g/mol. The van der Waals surface area contributed by atoms with E-state index in [-0.39, 0.29) is 11.9 Å². The quantitative estimate of drug-likeness (QED) is 0.434. The van der Waals surface area contributed by atoms with Crippen LogP contribution in [-0.4, -0.2) is 51.8 Å². The van der Waals surface area contributed by atoms with Gasteiger partial charge in [0.25, 0.3) is 0 Å². The van der Waals surface area contributed by atoms with E-state index in [0.29, 0.717) is 12.3 Å². The first-order valence-corrected chi connectivity index (χ1v) is 10.1. The molecule has 1 fully saturated rings. The lowest BCUT2D eigenvalue weighted by Crippen LogP contribution is -2.36. The predicted molar refractivity (Wildman–Crippen MR) is 98.0 cm³/mol. The van der Waals surface area contributed by atoms with Gasteiger partial charge in [0.05, 0.1) is 6.61 Å². The molecule has 2 N–H and O–H groups in total. The highest BCUT2D eigenvalue weighted by atomic mass is 35.5. The van der Waals surface area contributed by atoms with Crippen LogP contribution in [0.1, 0.15) is 12.0 Å². The Labute approximate surface area is 149 Å². The van der Waals surface area contributed by atoms with Gasteiger partial charge >= 0.3 is 5.97 Å². The van der Waals surface area contributed by atoms with Crippen molar-refractivity contribution in [3.63, 3.8) is 0 Å². The van der Waals surface area contributed by atoms with E-state index in [4.69, 9.17) is 21.8 Å². The van der Waals surface area contributed by atoms with Crippen LogP contribution in [0.5, 0.6) is 0 Å². The number of halogens is 1. The molecule has 1 atom stereocenters. The molecular formula is C16H20ClNO3S2. The van der Waals surface area contributed by atoms with E-state index in [1.807, 2.05) is 24.3 Å². The summed E-state index contributed by atoms with van der Waals surface area (Å²) in [7, 11) is 3.25. The number of aliphatic hydroxyl groups excluding tert-OH is 1. The van der Waals surface area contributed by atoms with E-state index in [1.54, 1.807) is 21.6 Å². The monoisotopic (exact) mass is 373 g/mol. The maximum Gasteiger partial charge on any atom is 0.328 e. The fraction of sp³-hybridized carbons (Fsp3) is 0.438. The van der Waals surface area contributed by atoms with Gasteiger partial charge in [0, 0.05) is 41.7 Å². The summed E-state index contributed by atoms with van der Waals surface area (Å²) >= 11 is 6.21. The predicted octanol–water partition coefficient (Wildman–Crippen LogP) is 3.30. The highest BCUT2D eigenvalue weighted by Crippen LogP contribution is 2.36. The van der Waals surface area contributed by atoms with Crippen molar-refractivity contribution in [1.82, 2.24) is 4.90 Å². The summed E-state index contributed by atoms with van der Waals surface area (Å²) in [6.07, 6.45) is 2.22. The molecule has 0 spiro atoms. The van der Waals surface area contributed by atoms with Gasteiger partial charge in [0.2, 0.25) is 0 Å². The zero-order chi connectivity index (χ0) is 16.7. The Kier molecular flexibility index (Phi) is 7.79. The van der Waals surface area contributed by atoms with Crippen LogP contribution < -0.4 is 0 Å². The Hall–Kier alpha value is -0.660. The third kappa shape index (κ3) is 6.04. The van der Waals surface area contributed by atoms with Gasteiger partial charge in [-0.3, -0.25) is 4.90 Å². The number of rotatable bonds is 7. The summed E-state index contributed by atoms with van der Waals surface area (Å²) in [6.45, 7) is 2.40. The molecule has 2 rings (SSSR count). The molecule has 0 aliphatic carbocycles. The second-order valence-electron chi connectivity index (χ2n) is 5.28. The van der Waals surface area contributed by atoms with Crippen LogP contribution in [0.2, 0.25) is 5.02 Å². The maximum atomic E-state index is 11.1. The van der Waals surface area contributed by atoms with Gasteiger partial charge < -0.3 is 10.2 Å². The standard InChI is InChI=1S/C16H20ClNO3S2/c17-14-4-2-1-3-12(14)10-18-6-5-15(23-22-8-7-19)13(11-18)9-16(20)21/h1-4,9,15,19H,5-8,10-11H2,(H,20,21)/b13-9-. The number of aliphatic carboxylic acids is 1. The molecule has 7 heteroatoms. The fourth-order valence-electron chi connectivity index (χ4n) is 2.50. The lowest BCUT2D eigenvalue weighted by Gasteiger charge is -2.33. The highest BCUT2D eigenvalue weighted by molar-refractivity contribution is 8.77. The Morgan fingerprint density at radius 2 is 2.22 bits per heavy atom. The van der Waals surface area contributed by atoms with Crippen molar-refractivity contribution in [2.45, 2.75) is 18.2 Å². The number of benzene rings is 1. The first-order chi connectivity index (χ1) is 11.1. The number of carbonyl (C=O) groups is 1. The minimum Gasteiger partial charge on any atom is -0.478 e. The summed E-state index contributed by atoms with van der Waals surface area (Å²) in [4.78, 5) is 13.3. The second kappa shape index (κ2) is 9.59. The van der Waals surface area contributed by atoms with Gasteiger partial charge in [-0.15, -0.1) is 0 Å². The molecule has 126 valence electrons. The number of likely N-dealkylation sites (tertiary alicyclic amines) is 1. The Balaban J connectivity index is 2.01. The van der Waals surface area contributed by atoms with Crippen molar-refractivity contribution in [3.05, 3.63) is 46.5 Å². The summed E-state index contributed by atoms with van der Waals surface area (Å²) in [5, 5.41) is 18.9. The normalized spacial score (nSPS) is 20.8.